The molecule has 0 fully saturated rings. The van der Waals surface area contributed by atoms with E-state index in [0.29, 0.717) is 30.4 Å². The Morgan fingerprint density at radius 2 is 2.50 bits per heavy atom. The third-order valence-electron chi connectivity index (χ3n) is 2.50. The van der Waals surface area contributed by atoms with Gasteiger partial charge in [-0.1, -0.05) is 11.8 Å². The summed E-state index contributed by atoms with van der Waals surface area (Å²) in [6.45, 7) is 0.747. The molecule has 1 N–H and O–H groups in total. The molecule has 0 aliphatic carbocycles. The molecule has 0 aromatic carbocycles. The zero-order valence-corrected chi connectivity index (χ0v) is 11.5. The molecule has 7 nitrogen and oxygen atoms in total. The number of furan rings is 1. The maximum atomic E-state index is 12.2. The summed E-state index contributed by atoms with van der Waals surface area (Å²) in [4.78, 5) is 17.7. The summed E-state index contributed by atoms with van der Waals surface area (Å²) < 4.78 is 5.23. The van der Waals surface area contributed by atoms with Crippen molar-refractivity contribution in [2.75, 3.05) is 12.3 Å². The van der Waals surface area contributed by atoms with Crippen molar-refractivity contribution in [3.63, 3.8) is 0 Å². The first-order valence-corrected chi connectivity index (χ1v) is 6.93. The smallest absolute Gasteiger partial charge is 0.233 e. The van der Waals surface area contributed by atoms with Crippen LogP contribution in [0.4, 0.5) is 0 Å². The second kappa shape index (κ2) is 7.35. The fourth-order valence-electron chi connectivity index (χ4n) is 1.55. The molecule has 2 aromatic rings. The number of hydrogen-bond donors (Lipinski definition) is 1. The lowest BCUT2D eigenvalue weighted by molar-refractivity contribution is -0.129. The average molecular weight is 291 g/mol. The molecule has 2 rings (SSSR count). The fraction of sp³-hybridized carbons (Fsp3) is 0.333. The Morgan fingerprint density at radius 1 is 1.60 bits per heavy atom. The van der Waals surface area contributed by atoms with Gasteiger partial charge in [-0.2, -0.15) is 10.4 Å². The summed E-state index contributed by atoms with van der Waals surface area (Å²) in [6, 6.07) is 5.61. The Labute approximate surface area is 120 Å². The number of H-pyrrole nitrogens is 1. The largest absolute Gasteiger partial charge is 0.467 e. The van der Waals surface area contributed by atoms with Crippen molar-refractivity contribution in [2.45, 2.75) is 18.1 Å². The van der Waals surface area contributed by atoms with Crippen LogP contribution < -0.4 is 0 Å². The summed E-state index contributed by atoms with van der Waals surface area (Å²) in [5.74, 6) is 0.862. The van der Waals surface area contributed by atoms with Crippen molar-refractivity contribution in [1.29, 1.82) is 5.26 Å². The van der Waals surface area contributed by atoms with Gasteiger partial charge in [-0.25, -0.2) is 4.98 Å². The van der Waals surface area contributed by atoms with Gasteiger partial charge >= 0.3 is 0 Å². The summed E-state index contributed by atoms with van der Waals surface area (Å²) in [5.41, 5.74) is 0. The van der Waals surface area contributed by atoms with E-state index in [1.54, 1.807) is 23.3 Å². The van der Waals surface area contributed by atoms with Gasteiger partial charge in [-0.15, -0.1) is 0 Å². The van der Waals surface area contributed by atoms with Gasteiger partial charge in [0.05, 0.1) is 31.1 Å². The zero-order chi connectivity index (χ0) is 14.2. The molecule has 0 radical (unpaired) electrons. The maximum absolute atomic E-state index is 12.2. The number of nitriles is 1. The second-order valence-electron chi connectivity index (χ2n) is 3.88. The molecule has 0 atom stereocenters. The van der Waals surface area contributed by atoms with Gasteiger partial charge in [-0.05, 0) is 12.1 Å². The lowest BCUT2D eigenvalue weighted by Crippen LogP contribution is -2.32. The molecule has 2 heterocycles. The summed E-state index contributed by atoms with van der Waals surface area (Å²) in [7, 11) is 0. The number of amides is 1. The molecule has 104 valence electrons. The molecule has 0 saturated carbocycles. The predicted molar refractivity (Wildman–Crippen MR) is 71.5 cm³/mol. The van der Waals surface area contributed by atoms with Crippen LogP contribution in [0, 0.1) is 11.3 Å². The number of hydrogen-bond acceptors (Lipinski definition) is 6. The van der Waals surface area contributed by atoms with E-state index < -0.39 is 0 Å². The monoisotopic (exact) mass is 291 g/mol. The quantitative estimate of drug-likeness (QED) is 0.775. The fourth-order valence-corrected chi connectivity index (χ4v) is 2.23. The standard InChI is InChI=1S/C12H13N5O2S/c13-4-2-5-17(7-10-3-1-6-19-10)11(18)8-20-12-14-9-15-16-12/h1,3,6,9H,2,5,7-8H2,(H,14,15,16). The van der Waals surface area contributed by atoms with Crippen LogP contribution in [-0.4, -0.2) is 38.3 Å². The van der Waals surface area contributed by atoms with Crippen LogP contribution in [0.15, 0.2) is 34.3 Å². The molecular formula is C12H13N5O2S. The Morgan fingerprint density at radius 3 is 3.15 bits per heavy atom. The van der Waals surface area contributed by atoms with Crippen molar-refractivity contribution >= 4 is 17.7 Å². The van der Waals surface area contributed by atoms with E-state index in [1.807, 2.05) is 6.07 Å². The SMILES string of the molecule is N#CCCN(Cc1ccco1)C(=O)CSc1ncn[nH]1. The Bertz CT molecular complexity index is 561. The summed E-state index contributed by atoms with van der Waals surface area (Å²) in [6.07, 6.45) is 3.24. The molecule has 2 aromatic heterocycles. The highest BCUT2D eigenvalue weighted by Crippen LogP contribution is 2.13. The minimum Gasteiger partial charge on any atom is -0.467 e. The van der Waals surface area contributed by atoms with Crippen molar-refractivity contribution in [3.8, 4) is 6.07 Å². The van der Waals surface area contributed by atoms with Gasteiger partial charge in [0.1, 0.15) is 12.1 Å². The normalized spacial score (nSPS) is 10.2. The van der Waals surface area contributed by atoms with Crippen LogP contribution in [0.5, 0.6) is 0 Å². The third-order valence-corrected chi connectivity index (χ3v) is 3.36. The minimum atomic E-state index is -0.0712. The highest BCUT2D eigenvalue weighted by Gasteiger charge is 2.15. The molecule has 0 aliphatic rings. The molecule has 0 aliphatic heterocycles. The van der Waals surface area contributed by atoms with E-state index in [0.717, 1.165) is 0 Å². The lowest BCUT2D eigenvalue weighted by atomic mass is 10.3. The maximum Gasteiger partial charge on any atom is 0.233 e. The van der Waals surface area contributed by atoms with E-state index in [1.165, 1.54) is 18.1 Å². The molecule has 8 heteroatoms. The van der Waals surface area contributed by atoms with E-state index in [2.05, 4.69) is 15.2 Å². The Balaban J connectivity index is 1.91. The topological polar surface area (TPSA) is 98.8 Å². The van der Waals surface area contributed by atoms with E-state index >= 15 is 0 Å². The van der Waals surface area contributed by atoms with Gasteiger partial charge in [0.25, 0.3) is 0 Å². The average Bonchev–Trinajstić information content (AvgIpc) is 3.13. The van der Waals surface area contributed by atoms with Crippen LogP contribution in [0.2, 0.25) is 0 Å². The van der Waals surface area contributed by atoms with Crippen molar-refractivity contribution in [2.24, 2.45) is 0 Å². The number of aromatic nitrogens is 3. The first-order chi connectivity index (χ1) is 9.79. The summed E-state index contributed by atoms with van der Waals surface area (Å²) in [5, 5.41) is 15.7. The highest BCUT2D eigenvalue weighted by atomic mass is 32.2. The minimum absolute atomic E-state index is 0.0712. The molecular weight excluding hydrogens is 278 g/mol. The van der Waals surface area contributed by atoms with Crippen molar-refractivity contribution in [1.82, 2.24) is 20.1 Å². The van der Waals surface area contributed by atoms with Gasteiger partial charge < -0.3 is 9.32 Å². The number of nitrogens with one attached hydrogen (secondary N) is 1. The summed E-state index contributed by atoms with van der Waals surface area (Å²) >= 11 is 1.28. The molecule has 0 bridgehead atoms. The molecule has 20 heavy (non-hydrogen) atoms. The molecule has 0 saturated heterocycles. The van der Waals surface area contributed by atoms with Gasteiger partial charge in [0.2, 0.25) is 5.91 Å². The lowest BCUT2D eigenvalue weighted by Gasteiger charge is -2.19. The van der Waals surface area contributed by atoms with Gasteiger partial charge in [0.15, 0.2) is 5.16 Å². The Kier molecular flexibility index (Phi) is 5.20. The predicted octanol–water partition coefficient (Wildman–Crippen LogP) is 1.43. The Hall–Kier alpha value is -2.27. The van der Waals surface area contributed by atoms with Crippen molar-refractivity contribution in [3.05, 3.63) is 30.5 Å². The van der Waals surface area contributed by atoms with Crippen LogP contribution in [0.25, 0.3) is 0 Å². The van der Waals surface area contributed by atoms with Gasteiger partial charge in [-0.3, -0.25) is 9.89 Å². The van der Waals surface area contributed by atoms with E-state index in [4.69, 9.17) is 9.68 Å². The zero-order valence-electron chi connectivity index (χ0n) is 10.7. The van der Waals surface area contributed by atoms with Crippen LogP contribution in [-0.2, 0) is 11.3 Å². The van der Waals surface area contributed by atoms with Crippen LogP contribution >= 0.6 is 11.8 Å². The van der Waals surface area contributed by atoms with Crippen molar-refractivity contribution < 1.29 is 9.21 Å². The number of rotatable bonds is 7. The van der Waals surface area contributed by atoms with Gasteiger partial charge in [0, 0.05) is 6.54 Å². The van der Waals surface area contributed by atoms with Crippen LogP contribution in [0.1, 0.15) is 12.2 Å². The van der Waals surface area contributed by atoms with Crippen LogP contribution in [0.3, 0.4) is 0 Å². The highest BCUT2D eigenvalue weighted by molar-refractivity contribution is 7.99. The van der Waals surface area contributed by atoms with E-state index in [9.17, 15) is 4.79 Å². The van der Waals surface area contributed by atoms with E-state index in [-0.39, 0.29) is 11.7 Å². The number of nitrogens with zero attached hydrogens (tertiary/aromatic N) is 4. The molecule has 1 amide bonds. The number of aromatic amines is 1. The molecule has 0 spiro atoms. The first kappa shape index (κ1) is 14.1. The first-order valence-electron chi connectivity index (χ1n) is 5.95. The molecule has 0 unspecified atom stereocenters. The number of thioether (sulfide) groups is 1. The second-order valence-corrected chi connectivity index (χ2v) is 4.85. The number of carbonyl (C=O) groups is 1. The third kappa shape index (κ3) is 4.13. The number of carbonyl (C=O) groups excluding carboxylic acids is 1.